The number of ether oxygens (including phenoxy) is 2. The molecular formula is C14H9N3O4. The lowest BCUT2D eigenvalue weighted by atomic mass is 10.2. The molecule has 2 N–H and O–H groups in total. The molecule has 0 atom stereocenters. The van der Waals surface area contributed by atoms with Gasteiger partial charge in [-0.05, 0) is 24.3 Å². The lowest BCUT2D eigenvalue weighted by Gasteiger charge is -1.99. The average Bonchev–Trinajstić information content (AvgIpc) is 3.11. The summed E-state index contributed by atoms with van der Waals surface area (Å²) in [5, 5.41) is 9.18. The van der Waals surface area contributed by atoms with Crippen LogP contribution in [0.5, 0.6) is 11.5 Å². The van der Waals surface area contributed by atoms with Gasteiger partial charge in [-0.15, -0.1) is 0 Å². The topological polar surface area (TPSA) is 97.3 Å². The first-order chi connectivity index (χ1) is 10.2. The van der Waals surface area contributed by atoms with E-state index in [1.165, 1.54) is 12.3 Å². The molecule has 0 bridgehead atoms. The van der Waals surface area contributed by atoms with Gasteiger partial charge < -0.3 is 19.6 Å². The Morgan fingerprint density at radius 3 is 2.95 bits per heavy atom. The summed E-state index contributed by atoms with van der Waals surface area (Å²) < 4.78 is 10.6. The second-order valence-corrected chi connectivity index (χ2v) is 4.52. The number of nitrogens with one attached hydrogen (secondary N) is 1. The number of hydrogen-bond donors (Lipinski definition) is 2. The van der Waals surface area contributed by atoms with E-state index in [2.05, 4.69) is 15.0 Å². The molecule has 0 aliphatic carbocycles. The average molecular weight is 283 g/mol. The Hall–Kier alpha value is -3.09. The van der Waals surface area contributed by atoms with E-state index in [9.17, 15) is 9.90 Å². The van der Waals surface area contributed by atoms with E-state index >= 15 is 0 Å². The molecule has 7 nitrogen and oxygen atoms in total. The Labute approximate surface area is 118 Å². The molecule has 21 heavy (non-hydrogen) atoms. The molecule has 1 aliphatic heterocycles. The Kier molecular flexibility index (Phi) is 2.34. The third-order valence-corrected chi connectivity index (χ3v) is 3.27. The fourth-order valence-electron chi connectivity index (χ4n) is 2.27. The molecule has 0 fully saturated rings. The fourth-order valence-corrected chi connectivity index (χ4v) is 2.27. The van der Waals surface area contributed by atoms with Crippen LogP contribution in [0.3, 0.4) is 0 Å². The van der Waals surface area contributed by atoms with Crippen molar-refractivity contribution in [2.45, 2.75) is 0 Å². The molecule has 7 heteroatoms. The second kappa shape index (κ2) is 4.20. The molecule has 0 saturated heterocycles. The minimum atomic E-state index is -1.02. The van der Waals surface area contributed by atoms with Crippen LogP contribution in [0, 0.1) is 0 Å². The van der Waals surface area contributed by atoms with Crippen molar-refractivity contribution >= 4 is 17.1 Å². The third kappa shape index (κ3) is 1.78. The Morgan fingerprint density at radius 2 is 2.10 bits per heavy atom. The van der Waals surface area contributed by atoms with Crippen molar-refractivity contribution in [2.75, 3.05) is 6.79 Å². The van der Waals surface area contributed by atoms with Gasteiger partial charge in [-0.25, -0.2) is 14.8 Å². The maximum absolute atomic E-state index is 11.2. The Bertz CT molecular complexity index is 872. The molecule has 1 aromatic carbocycles. The van der Waals surface area contributed by atoms with Gasteiger partial charge in [0.15, 0.2) is 17.1 Å². The third-order valence-electron chi connectivity index (χ3n) is 3.27. The van der Waals surface area contributed by atoms with Crippen molar-refractivity contribution in [2.24, 2.45) is 0 Å². The normalized spacial score (nSPS) is 12.8. The standard InChI is InChI=1S/C14H9N3O4/c18-14(19)8-3-4-15-13-11(8)16-12(17-13)7-1-2-9-10(5-7)21-6-20-9/h1-5H,6H2,(H,18,19)(H,15,16,17). The van der Waals surface area contributed by atoms with E-state index in [-0.39, 0.29) is 12.4 Å². The monoisotopic (exact) mass is 283 g/mol. The summed E-state index contributed by atoms with van der Waals surface area (Å²) in [4.78, 5) is 22.6. The van der Waals surface area contributed by atoms with Crippen molar-refractivity contribution in [1.82, 2.24) is 15.0 Å². The number of aromatic nitrogens is 3. The zero-order valence-electron chi connectivity index (χ0n) is 10.7. The summed E-state index contributed by atoms with van der Waals surface area (Å²) in [6, 6.07) is 6.84. The van der Waals surface area contributed by atoms with E-state index in [1.807, 2.05) is 6.07 Å². The summed E-state index contributed by atoms with van der Waals surface area (Å²) >= 11 is 0. The molecule has 2 aromatic heterocycles. The van der Waals surface area contributed by atoms with Crippen LogP contribution in [-0.2, 0) is 0 Å². The lowest BCUT2D eigenvalue weighted by molar-refractivity contribution is 0.0698. The number of H-pyrrole nitrogens is 1. The summed E-state index contributed by atoms with van der Waals surface area (Å²) in [7, 11) is 0. The number of aromatic carboxylic acids is 1. The smallest absolute Gasteiger partial charge is 0.338 e. The molecule has 0 unspecified atom stereocenters. The van der Waals surface area contributed by atoms with Gasteiger partial charge in [0, 0.05) is 11.8 Å². The predicted molar refractivity (Wildman–Crippen MR) is 72.4 cm³/mol. The zero-order chi connectivity index (χ0) is 14.4. The number of imidazole rings is 1. The summed E-state index contributed by atoms with van der Waals surface area (Å²) in [6.07, 6.45) is 1.43. The summed E-state index contributed by atoms with van der Waals surface area (Å²) in [5.41, 5.74) is 1.67. The maximum Gasteiger partial charge on any atom is 0.338 e. The quantitative estimate of drug-likeness (QED) is 0.747. The molecule has 0 amide bonds. The highest BCUT2D eigenvalue weighted by Crippen LogP contribution is 2.35. The molecule has 0 saturated carbocycles. The number of fused-ring (bicyclic) bond motifs is 2. The molecule has 3 aromatic rings. The van der Waals surface area contributed by atoms with Crippen LogP contribution in [0.2, 0.25) is 0 Å². The minimum Gasteiger partial charge on any atom is -0.478 e. The first kappa shape index (κ1) is 11.7. The summed E-state index contributed by atoms with van der Waals surface area (Å²) in [6.45, 7) is 0.198. The highest BCUT2D eigenvalue weighted by atomic mass is 16.7. The summed E-state index contributed by atoms with van der Waals surface area (Å²) in [5.74, 6) is 0.825. The Morgan fingerprint density at radius 1 is 1.24 bits per heavy atom. The Balaban J connectivity index is 1.87. The van der Waals surface area contributed by atoms with Gasteiger partial charge in [-0.1, -0.05) is 0 Å². The molecule has 3 heterocycles. The number of carboxylic acid groups (broad SMARTS) is 1. The number of benzene rings is 1. The van der Waals surface area contributed by atoms with Gasteiger partial charge in [0.25, 0.3) is 0 Å². The van der Waals surface area contributed by atoms with E-state index in [0.29, 0.717) is 28.5 Å². The van der Waals surface area contributed by atoms with Crippen LogP contribution in [0.4, 0.5) is 0 Å². The van der Waals surface area contributed by atoms with Gasteiger partial charge >= 0.3 is 5.97 Å². The number of pyridine rings is 1. The van der Waals surface area contributed by atoms with Crippen LogP contribution in [0.15, 0.2) is 30.5 Å². The van der Waals surface area contributed by atoms with E-state index in [0.717, 1.165) is 5.56 Å². The van der Waals surface area contributed by atoms with Crippen molar-refractivity contribution < 1.29 is 19.4 Å². The number of carboxylic acids is 1. The van der Waals surface area contributed by atoms with E-state index in [4.69, 9.17) is 9.47 Å². The first-order valence-corrected chi connectivity index (χ1v) is 6.20. The van der Waals surface area contributed by atoms with Crippen LogP contribution in [0.1, 0.15) is 10.4 Å². The molecule has 4 rings (SSSR count). The highest BCUT2D eigenvalue weighted by molar-refractivity contribution is 6.00. The van der Waals surface area contributed by atoms with Crippen LogP contribution in [0.25, 0.3) is 22.6 Å². The number of rotatable bonds is 2. The van der Waals surface area contributed by atoms with Crippen LogP contribution < -0.4 is 9.47 Å². The van der Waals surface area contributed by atoms with Gasteiger partial charge in [0.05, 0.1) is 11.1 Å². The van der Waals surface area contributed by atoms with Crippen molar-refractivity contribution in [3.8, 4) is 22.9 Å². The largest absolute Gasteiger partial charge is 0.478 e. The van der Waals surface area contributed by atoms with Crippen molar-refractivity contribution in [3.63, 3.8) is 0 Å². The van der Waals surface area contributed by atoms with Crippen LogP contribution in [-0.4, -0.2) is 32.8 Å². The molecule has 0 radical (unpaired) electrons. The number of aromatic amines is 1. The van der Waals surface area contributed by atoms with Gasteiger partial charge in [0.1, 0.15) is 5.82 Å². The molecule has 104 valence electrons. The van der Waals surface area contributed by atoms with Gasteiger partial charge in [-0.2, -0.15) is 0 Å². The lowest BCUT2D eigenvalue weighted by Crippen LogP contribution is -1.97. The van der Waals surface area contributed by atoms with E-state index in [1.54, 1.807) is 12.1 Å². The van der Waals surface area contributed by atoms with Gasteiger partial charge in [0.2, 0.25) is 6.79 Å². The first-order valence-electron chi connectivity index (χ1n) is 6.20. The minimum absolute atomic E-state index is 0.138. The fraction of sp³-hybridized carbons (Fsp3) is 0.0714. The van der Waals surface area contributed by atoms with E-state index < -0.39 is 5.97 Å². The highest BCUT2D eigenvalue weighted by Gasteiger charge is 2.17. The molecule has 0 spiro atoms. The maximum atomic E-state index is 11.2. The number of nitrogens with zero attached hydrogens (tertiary/aromatic N) is 2. The number of carbonyl (C=O) groups is 1. The zero-order valence-corrected chi connectivity index (χ0v) is 10.7. The molecular weight excluding hydrogens is 274 g/mol. The van der Waals surface area contributed by atoms with Gasteiger partial charge in [-0.3, -0.25) is 0 Å². The van der Waals surface area contributed by atoms with Crippen molar-refractivity contribution in [1.29, 1.82) is 0 Å². The van der Waals surface area contributed by atoms with Crippen molar-refractivity contribution in [3.05, 3.63) is 36.0 Å². The SMILES string of the molecule is O=C(O)c1ccnc2nc(-c3ccc4c(c3)OCO4)[nH]c12. The second-order valence-electron chi connectivity index (χ2n) is 4.52. The number of hydrogen-bond acceptors (Lipinski definition) is 5. The predicted octanol–water partition coefficient (Wildman–Crippen LogP) is 2.05. The van der Waals surface area contributed by atoms with Crippen LogP contribution >= 0.6 is 0 Å². The molecule has 1 aliphatic rings.